The van der Waals surface area contributed by atoms with Gasteiger partial charge in [-0.2, -0.15) is 0 Å². The Kier molecular flexibility index (Phi) is 4.07. The number of amides is 1. The van der Waals surface area contributed by atoms with Crippen LogP contribution < -0.4 is 11.1 Å². The smallest absolute Gasteiger partial charge is 0.236 e. The maximum absolute atomic E-state index is 11.6. The van der Waals surface area contributed by atoms with Gasteiger partial charge in [-0.25, -0.2) is 0 Å². The summed E-state index contributed by atoms with van der Waals surface area (Å²) in [6.07, 6.45) is 3.48. The van der Waals surface area contributed by atoms with Gasteiger partial charge < -0.3 is 11.1 Å². The average molecular weight is 311 g/mol. The first-order valence-electron chi connectivity index (χ1n) is 6.33. The third kappa shape index (κ3) is 2.75. The van der Waals surface area contributed by atoms with Crippen molar-refractivity contribution in [2.75, 3.05) is 6.54 Å². The third-order valence-electron chi connectivity index (χ3n) is 3.76. The molecule has 0 heterocycles. The number of carbonyl (C=O) groups excluding carboxylic acids is 1. The fourth-order valence-corrected chi connectivity index (χ4v) is 2.81. The van der Waals surface area contributed by atoms with E-state index in [-0.39, 0.29) is 11.3 Å². The van der Waals surface area contributed by atoms with Crippen molar-refractivity contribution >= 4 is 21.8 Å². The van der Waals surface area contributed by atoms with Gasteiger partial charge in [-0.05, 0) is 37.5 Å². The van der Waals surface area contributed by atoms with Crippen LogP contribution in [0.15, 0.2) is 28.7 Å². The Hall–Kier alpha value is -0.870. The van der Waals surface area contributed by atoms with E-state index in [9.17, 15) is 4.79 Å². The molecule has 3 nitrogen and oxygen atoms in total. The molecule has 0 aromatic heterocycles. The number of rotatable bonds is 4. The lowest BCUT2D eigenvalue weighted by Crippen LogP contribution is -2.49. The number of hydrogen-bond donors (Lipinski definition) is 2. The summed E-state index contributed by atoms with van der Waals surface area (Å²) in [4.78, 5) is 11.6. The highest BCUT2D eigenvalue weighted by atomic mass is 79.9. The molecule has 0 aliphatic heterocycles. The molecule has 1 aliphatic carbocycles. The summed E-state index contributed by atoms with van der Waals surface area (Å²) in [6.45, 7) is 2.39. The molecule has 0 spiro atoms. The Labute approximate surface area is 116 Å². The van der Waals surface area contributed by atoms with E-state index in [4.69, 9.17) is 5.73 Å². The monoisotopic (exact) mass is 310 g/mol. The van der Waals surface area contributed by atoms with Crippen LogP contribution in [-0.2, 0) is 10.2 Å². The van der Waals surface area contributed by atoms with Crippen LogP contribution in [0.5, 0.6) is 0 Å². The quantitative estimate of drug-likeness (QED) is 0.897. The van der Waals surface area contributed by atoms with Gasteiger partial charge in [0.1, 0.15) is 0 Å². The van der Waals surface area contributed by atoms with Gasteiger partial charge in [0, 0.05) is 16.4 Å². The van der Waals surface area contributed by atoms with Crippen LogP contribution in [0.1, 0.15) is 31.7 Å². The first-order chi connectivity index (χ1) is 8.53. The molecule has 0 saturated heterocycles. The molecule has 1 atom stereocenters. The summed E-state index contributed by atoms with van der Waals surface area (Å²) < 4.78 is 1.09. The molecule has 98 valence electrons. The molecule has 4 heteroatoms. The number of halogens is 1. The highest BCUT2D eigenvalue weighted by Crippen LogP contribution is 2.43. The topological polar surface area (TPSA) is 55.1 Å². The fraction of sp³-hybridized carbons (Fsp3) is 0.500. The zero-order valence-electron chi connectivity index (χ0n) is 10.6. The predicted molar refractivity (Wildman–Crippen MR) is 76.3 cm³/mol. The van der Waals surface area contributed by atoms with E-state index in [1.165, 1.54) is 12.0 Å². The van der Waals surface area contributed by atoms with Crippen molar-refractivity contribution in [1.82, 2.24) is 5.32 Å². The van der Waals surface area contributed by atoms with Gasteiger partial charge in [0.15, 0.2) is 0 Å². The molecule has 1 aromatic carbocycles. The molecular formula is C14H19BrN2O. The van der Waals surface area contributed by atoms with Gasteiger partial charge in [-0.3, -0.25) is 4.79 Å². The number of nitrogens with one attached hydrogen (secondary N) is 1. The van der Waals surface area contributed by atoms with Gasteiger partial charge in [0.25, 0.3) is 0 Å². The van der Waals surface area contributed by atoms with Crippen molar-refractivity contribution in [3.8, 4) is 0 Å². The first kappa shape index (κ1) is 13.6. The first-order valence-corrected chi connectivity index (χ1v) is 7.12. The molecule has 1 saturated carbocycles. The van der Waals surface area contributed by atoms with Crippen LogP contribution >= 0.6 is 15.9 Å². The lowest BCUT2D eigenvalue weighted by atomic mass is 9.64. The minimum absolute atomic E-state index is 0.0729. The minimum atomic E-state index is -0.440. The van der Waals surface area contributed by atoms with E-state index in [1.54, 1.807) is 6.92 Å². The van der Waals surface area contributed by atoms with Crippen molar-refractivity contribution in [1.29, 1.82) is 0 Å². The van der Waals surface area contributed by atoms with Crippen LogP contribution in [0.2, 0.25) is 0 Å². The largest absolute Gasteiger partial charge is 0.354 e. The molecule has 3 N–H and O–H groups in total. The van der Waals surface area contributed by atoms with Crippen LogP contribution in [-0.4, -0.2) is 18.5 Å². The summed E-state index contributed by atoms with van der Waals surface area (Å²) in [6, 6.07) is 7.92. The Bertz CT molecular complexity index is 441. The van der Waals surface area contributed by atoms with Gasteiger partial charge in [0.05, 0.1) is 6.04 Å². The highest BCUT2D eigenvalue weighted by molar-refractivity contribution is 9.10. The molecule has 0 unspecified atom stereocenters. The Morgan fingerprint density at radius 3 is 2.78 bits per heavy atom. The Morgan fingerprint density at radius 1 is 1.56 bits per heavy atom. The predicted octanol–water partition coefficient (Wildman–Crippen LogP) is 2.33. The van der Waals surface area contributed by atoms with E-state index >= 15 is 0 Å². The van der Waals surface area contributed by atoms with E-state index in [2.05, 4.69) is 33.4 Å². The number of nitrogens with two attached hydrogens (primary N) is 1. The summed E-state index contributed by atoms with van der Waals surface area (Å²) in [7, 11) is 0. The normalized spacial score (nSPS) is 18.8. The van der Waals surface area contributed by atoms with Gasteiger partial charge in [-0.15, -0.1) is 0 Å². The second kappa shape index (κ2) is 5.41. The molecule has 1 amide bonds. The average Bonchev–Trinajstić information content (AvgIpc) is 2.27. The number of benzene rings is 1. The van der Waals surface area contributed by atoms with Crippen molar-refractivity contribution in [2.24, 2.45) is 5.73 Å². The van der Waals surface area contributed by atoms with Crippen LogP contribution in [0, 0.1) is 0 Å². The second-order valence-electron chi connectivity index (χ2n) is 5.15. The number of hydrogen-bond acceptors (Lipinski definition) is 2. The lowest BCUT2D eigenvalue weighted by Gasteiger charge is -2.42. The molecule has 2 rings (SSSR count). The summed E-state index contributed by atoms with van der Waals surface area (Å²) in [5.74, 6) is -0.0729. The van der Waals surface area contributed by atoms with Crippen molar-refractivity contribution < 1.29 is 4.79 Å². The van der Waals surface area contributed by atoms with Crippen LogP contribution in [0.3, 0.4) is 0 Å². The SMILES string of the molecule is C[C@H](N)C(=O)NCC1(c2cccc(Br)c2)CCC1. The molecule has 1 aliphatic rings. The number of carbonyl (C=O) groups is 1. The maximum atomic E-state index is 11.6. The summed E-state index contributed by atoms with van der Waals surface area (Å²) >= 11 is 3.50. The third-order valence-corrected chi connectivity index (χ3v) is 4.26. The van der Waals surface area contributed by atoms with Gasteiger partial charge >= 0.3 is 0 Å². The van der Waals surface area contributed by atoms with Crippen LogP contribution in [0.25, 0.3) is 0 Å². The van der Waals surface area contributed by atoms with E-state index in [0.29, 0.717) is 6.54 Å². The molecular weight excluding hydrogens is 292 g/mol. The lowest BCUT2D eigenvalue weighted by molar-refractivity contribution is -0.122. The van der Waals surface area contributed by atoms with Crippen LogP contribution in [0.4, 0.5) is 0 Å². The Balaban J connectivity index is 2.09. The fourth-order valence-electron chi connectivity index (χ4n) is 2.41. The summed E-state index contributed by atoms with van der Waals surface area (Å²) in [5.41, 5.74) is 6.97. The van der Waals surface area contributed by atoms with Crippen molar-refractivity contribution in [3.63, 3.8) is 0 Å². The zero-order chi connectivity index (χ0) is 13.2. The molecule has 0 radical (unpaired) electrons. The standard InChI is InChI=1S/C14H19BrN2O/c1-10(16)13(18)17-9-14(6-3-7-14)11-4-2-5-12(15)8-11/h2,4-5,8,10H,3,6-7,9,16H2,1H3,(H,17,18)/t10-/m0/s1. The second-order valence-corrected chi connectivity index (χ2v) is 6.07. The van der Waals surface area contributed by atoms with Gasteiger partial charge in [0.2, 0.25) is 5.91 Å². The molecule has 1 aromatic rings. The summed E-state index contributed by atoms with van der Waals surface area (Å²) in [5, 5.41) is 2.96. The van der Waals surface area contributed by atoms with Gasteiger partial charge in [-0.1, -0.05) is 34.5 Å². The molecule has 18 heavy (non-hydrogen) atoms. The highest BCUT2D eigenvalue weighted by Gasteiger charge is 2.39. The van der Waals surface area contributed by atoms with E-state index < -0.39 is 6.04 Å². The Morgan fingerprint density at radius 2 is 2.28 bits per heavy atom. The molecule has 0 bridgehead atoms. The van der Waals surface area contributed by atoms with E-state index in [0.717, 1.165) is 17.3 Å². The minimum Gasteiger partial charge on any atom is -0.354 e. The maximum Gasteiger partial charge on any atom is 0.236 e. The van der Waals surface area contributed by atoms with E-state index in [1.807, 2.05) is 12.1 Å². The zero-order valence-corrected chi connectivity index (χ0v) is 12.2. The molecule has 1 fully saturated rings. The van der Waals surface area contributed by atoms with Crippen molar-refractivity contribution in [3.05, 3.63) is 34.3 Å². The van der Waals surface area contributed by atoms with Crippen molar-refractivity contribution in [2.45, 2.75) is 37.6 Å².